The van der Waals surface area contributed by atoms with E-state index in [1.807, 2.05) is 0 Å². The second-order valence-electron chi connectivity index (χ2n) is 5.42. The summed E-state index contributed by atoms with van der Waals surface area (Å²) in [7, 11) is 0. The molecule has 0 atom stereocenters. The molecule has 2 aromatic carbocycles. The Morgan fingerprint density at radius 1 is 1.23 bits per heavy atom. The normalized spacial score (nSPS) is 10.5. The average molecular weight is 354 g/mol. The van der Waals surface area contributed by atoms with Crippen molar-refractivity contribution < 1.29 is 19.2 Å². The lowest BCUT2D eigenvalue weighted by atomic mass is 10.1. The number of nitrogens with zero attached hydrogens (tertiary/aromatic N) is 1. The van der Waals surface area contributed by atoms with Crippen molar-refractivity contribution in [1.82, 2.24) is 0 Å². The predicted molar refractivity (Wildman–Crippen MR) is 97.9 cm³/mol. The fourth-order valence-corrected chi connectivity index (χ4v) is 2.23. The molecular weight excluding hydrogens is 336 g/mol. The monoisotopic (exact) mass is 354 g/mol. The van der Waals surface area contributed by atoms with Crippen molar-refractivity contribution in [2.24, 2.45) is 0 Å². The van der Waals surface area contributed by atoms with Crippen LogP contribution in [0.5, 0.6) is 0 Å². The highest BCUT2D eigenvalue weighted by atomic mass is 16.6. The smallest absolute Gasteiger partial charge is 0.338 e. The van der Waals surface area contributed by atoms with Crippen LogP contribution in [0.25, 0.3) is 6.08 Å². The van der Waals surface area contributed by atoms with Crippen LogP contribution >= 0.6 is 0 Å². The molecule has 1 amide bonds. The van der Waals surface area contributed by atoms with Gasteiger partial charge in [-0.1, -0.05) is 12.1 Å². The number of benzene rings is 2. The van der Waals surface area contributed by atoms with Crippen LogP contribution in [0.3, 0.4) is 0 Å². The summed E-state index contributed by atoms with van der Waals surface area (Å²) in [4.78, 5) is 34.0. The van der Waals surface area contributed by atoms with Gasteiger partial charge in [0.05, 0.1) is 17.1 Å². The maximum Gasteiger partial charge on any atom is 0.338 e. The number of hydrogen-bond donors (Lipinski definition) is 1. The molecule has 0 aliphatic carbocycles. The zero-order valence-electron chi connectivity index (χ0n) is 14.4. The van der Waals surface area contributed by atoms with Crippen molar-refractivity contribution in [3.8, 4) is 0 Å². The van der Waals surface area contributed by atoms with Crippen molar-refractivity contribution in [1.29, 1.82) is 0 Å². The molecule has 0 bridgehead atoms. The lowest BCUT2D eigenvalue weighted by Gasteiger charge is -2.08. The standard InChI is InChI=1S/C19H18N2O5/c1-3-26-19(23)15-8-9-17(13(2)11-15)20-18(22)10-7-14-5-4-6-16(12-14)21(24)25/h4-12H,3H2,1-2H3,(H,20,22)/b10-7+. The third-order valence-electron chi connectivity index (χ3n) is 3.50. The van der Waals surface area contributed by atoms with Crippen LogP contribution in [0.15, 0.2) is 48.5 Å². The van der Waals surface area contributed by atoms with Gasteiger partial charge in [-0.05, 0) is 49.2 Å². The van der Waals surface area contributed by atoms with Gasteiger partial charge in [0.1, 0.15) is 0 Å². The van der Waals surface area contributed by atoms with E-state index in [2.05, 4.69) is 5.32 Å². The van der Waals surface area contributed by atoms with Crippen LogP contribution in [0, 0.1) is 17.0 Å². The number of carbonyl (C=O) groups is 2. The Morgan fingerprint density at radius 2 is 2.00 bits per heavy atom. The first-order valence-corrected chi connectivity index (χ1v) is 7.92. The summed E-state index contributed by atoms with van der Waals surface area (Å²) < 4.78 is 4.93. The molecule has 134 valence electrons. The van der Waals surface area contributed by atoms with Crippen molar-refractivity contribution in [2.75, 3.05) is 11.9 Å². The molecule has 2 rings (SSSR count). The number of aryl methyl sites for hydroxylation is 1. The molecule has 26 heavy (non-hydrogen) atoms. The van der Waals surface area contributed by atoms with Crippen LogP contribution in [-0.4, -0.2) is 23.4 Å². The molecule has 0 aromatic heterocycles. The van der Waals surface area contributed by atoms with Gasteiger partial charge < -0.3 is 10.1 Å². The number of non-ortho nitro benzene ring substituents is 1. The molecule has 0 fully saturated rings. The Bertz CT molecular complexity index is 874. The molecule has 0 aliphatic rings. The molecule has 0 saturated carbocycles. The van der Waals surface area contributed by atoms with Gasteiger partial charge in [-0.2, -0.15) is 0 Å². The lowest BCUT2D eigenvalue weighted by Crippen LogP contribution is -2.10. The van der Waals surface area contributed by atoms with E-state index in [-0.39, 0.29) is 11.6 Å². The highest BCUT2D eigenvalue weighted by molar-refractivity contribution is 6.02. The minimum absolute atomic E-state index is 0.0436. The van der Waals surface area contributed by atoms with Gasteiger partial charge in [-0.25, -0.2) is 4.79 Å². The molecule has 7 heteroatoms. The summed E-state index contributed by atoms with van der Waals surface area (Å²) >= 11 is 0. The van der Waals surface area contributed by atoms with E-state index < -0.39 is 10.9 Å². The maximum atomic E-state index is 12.1. The molecule has 2 aromatic rings. The van der Waals surface area contributed by atoms with E-state index in [1.54, 1.807) is 44.2 Å². The van der Waals surface area contributed by atoms with Gasteiger partial charge in [0.25, 0.3) is 5.69 Å². The third-order valence-corrected chi connectivity index (χ3v) is 3.50. The van der Waals surface area contributed by atoms with E-state index in [0.717, 1.165) is 0 Å². The van der Waals surface area contributed by atoms with Crippen LogP contribution < -0.4 is 5.32 Å². The van der Waals surface area contributed by atoms with E-state index >= 15 is 0 Å². The van der Waals surface area contributed by atoms with E-state index in [4.69, 9.17) is 4.74 Å². The van der Waals surface area contributed by atoms with Gasteiger partial charge in [0.2, 0.25) is 5.91 Å². The molecule has 0 unspecified atom stereocenters. The second kappa shape index (κ2) is 8.57. The Morgan fingerprint density at radius 3 is 2.65 bits per heavy atom. The third kappa shape index (κ3) is 5.01. The number of nitro benzene ring substituents is 1. The summed E-state index contributed by atoms with van der Waals surface area (Å²) in [5.74, 6) is -0.803. The SMILES string of the molecule is CCOC(=O)c1ccc(NC(=O)/C=C/c2cccc([N+](=O)[O-])c2)c(C)c1. The van der Waals surface area contributed by atoms with Gasteiger partial charge >= 0.3 is 5.97 Å². The van der Waals surface area contributed by atoms with E-state index in [0.29, 0.717) is 29.0 Å². The molecule has 0 radical (unpaired) electrons. The zero-order valence-corrected chi connectivity index (χ0v) is 14.4. The van der Waals surface area contributed by atoms with Crippen molar-refractivity contribution in [3.63, 3.8) is 0 Å². The highest BCUT2D eigenvalue weighted by Crippen LogP contribution is 2.18. The highest BCUT2D eigenvalue weighted by Gasteiger charge is 2.09. The minimum atomic E-state index is -0.494. The Balaban J connectivity index is 2.07. The average Bonchev–Trinajstić information content (AvgIpc) is 2.62. The fourth-order valence-electron chi connectivity index (χ4n) is 2.23. The van der Waals surface area contributed by atoms with Gasteiger partial charge in [-0.15, -0.1) is 0 Å². The maximum absolute atomic E-state index is 12.1. The summed E-state index contributed by atoms with van der Waals surface area (Å²) in [6.07, 6.45) is 2.78. The minimum Gasteiger partial charge on any atom is -0.462 e. The van der Waals surface area contributed by atoms with Crippen molar-refractivity contribution in [3.05, 3.63) is 75.3 Å². The number of hydrogen-bond acceptors (Lipinski definition) is 5. The van der Waals surface area contributed by atoms with Crippen LogP contribution in [-0.2, 0) is 9.53 Å². The topological polar surface area (TPSA) is 98.5 Å². The molecular formula is C19H18N2O5. The molecule has 7 nitrogen and oxygen atoms in total. The Kier molecular flexibility index (Phi) is 6.21. The van der Waals surface area contributed by atoms with Crippen molar-refractivity contribution >= 4 is 29.3 Å². The number of nitro groups is 1. The van der Waals surface area contributed by atoms with Gasteiger partial charge in [-0.3, -0.25) is 14.9 Å². The molecule has 0 saturated heterocycles. The molecule has 1 N–H and O–H groups in total. The first-order valence-electron chi connectivity index (χ1n) is 7.92. The van der Waals surface area contributed by atoms with Crippen LogP contribution in [0.4, 0.5) is 11.4 Å². The van der Waals surface area contributed by atoms with Crippen LogP contribution in [0.2, 0.25) is 0 Å². The molecule has 0 aliphatic heterocycles. The largest absolute Gasteiger partial charge is 0.462 e. The zero-order chi connectivity index (χ0) is 19.1. The number of amides is 1. The lowest BCUT2D eigenvalue weighted by molar-refractivity contribution is -0.384. The molecule has 0 spiro atoms. The number of rotatable bonds is 6. The fraction of sp³-hybridized carbons (Fsp3) is 0.158. The molecule has 0 heterocycles. The summed E-state index contributed by atoms with van der Waals surface area (Å²) in [6.45, 7) is 3.79. The second-order valence-corrected chi connectivity index (χ2v) is 5.42. The summed E-state index contributed by atoms with van der Waals surface area (Å²) in [6, 6.07) is 10.8. The number of anilines is 1. The number of nitrogens with one attached hydrogen (secondary N) is 1. The summed E-state index contributed by atoms with van der Waals surface area (Å²) in [5, 5.41) is 13.5. The van der Waals surface area contributed by atoms with Crippen LogP contribution in [0.1, 0.15) is 28.4 Å². The summed E-state index contributed by atoms with van der Waals surface area (Å²) in [5.41, 5.74) is 2.19. The van der Waals surface area contributed by atoms with Gasteiger partial charge in [0, 0.05) is 23.9 Å². The van der Waals surface area contributed by atoms with E-state index in [1.165, 1.54) is 24.3 Å². The first-order chi connectivity index (χ1) is 12.4. The Labute approximate surface area is 150 Å². The first kappa shape index (κ1) is 18.9. The van der Waals surface area contributed by atoms with E-state index in [9.17, 15) is 19.7 Å². The number of ether oxygens (including phenoxy) is 1. The quantitative estimate of drug-likeness (QED) is 0.369. The number of esters is 1. The number of carbonyl (C=O) groups excluding carboxylic acids is 2. The van der Waals surface area contributed by atoms with Crippen molar-refractivity contribution in [2.45, 2.75) is 13.8 Å². The predicted octanol–water partition coefficient (Wildman–Crippen LogP) is 3.73. The van der Waals surface area contributed by atoms with Gasteiger partial charge in [0.15, 0.2) is 0 Å². The Hall–Kier alpha value is -3.48.